The number of nitro benzene ring substituents is 1. The molecule has 3 aromatic rings. The van der Waals surface area contributed by atoms with Crippen molar-refractivity contribution in [2.45, 2.75) is 38.1 Å². The summed E-state index contributed by atoms with van der Waals surface area (Å²) in [6, 6.07) is 10.5. The zero-order valence-electron chi connectivity index (χ0n) is 20.4. The summed E-state index contributed by atoms with van der Waals surface area (Å²) in [6.45, 7) is 2.24. The highest BCUT2D eigenvalue weighted by Crippen LogP contribution is 2.35. The van der Waals surface area contributed by atoms with Crippen LogP contribution in [-0.4, -0.2) is 63.7 Å². The van der Waals surface area contributed by atoms with E-state index >= 15 is 0 Å². The summed E-state index contributed by atoms with van der Waals surface area (Å²) in [4.78, 5) is 46.2. The summed E-state index contributed by atoms with van der Waals surface area (Å²) >= 11 is 3.35. The first kappa shape index (κ1) is 25.1. The number of hydrogen-bond donors (Lipinski definition) is 1. The zero-order chi connectivity index (χ0) is 25.9. The van der Waals surface area contributed by atoms with Gasteiger partial charge in [-0.05, 0) is 43.6 Å². The minimum atomic E-state index is -0.465. The first-order chi connectivity index (χ1) is 17.9. The smallest absolute Gasteiger partial charge is 0.294 e. The Kier molecular flexibility index (Phi) is 7.36. The first-order valence-electron chi connectivity index (χ1n) is 12.6. The Balaban J connectivity index is 1.42. The van der Waals surface area contributed by atoms with Gasteiger partial charge in [0.25, 0.3) is 17.5 Å². The summed E-state index contributed by atoms with van der Waals surface area (Å²) in [5.74, 6) is -0.331. The minimum Gasteiger partial charge on any atom is -0.374 e. The van der Waals surface area contributed by atoms with Gasteiger partial charge in [-0.25, -0.2) is 0 Å². The van der Waals surface area contributed by atoms with Crippen molar-refractivity contribution in [2.24, 2.45) is 0 Å². The minimum absolute atomic E-state index is 0.120. The molecule has 2 aliphatic rings. The monoisotopic (exact) mass is 565 g/mol. The lowest BCUT2D eigenvalue weighted by atomic mass is 10.0. The van der Waals surface area contributed by atoms with Crippen molar-refractivity contribution in [3.8, 4) is 0 Å². The number of fused-ring (bicyclic) bond motifs is 1. The lowest BCUT2D eigenvalue weighted by molar-refractivity contribution is -0.384. The first-order valence-corrected chi connectivity index (χ1v) is 13.4. The van der Waals surface area contributed by atoms with Gasteiger partial charge in [-0.15, -0.1) is 0 Å². The molecule has 1 aromatic heterocycles. The normalized spacial score (nSPS) is 18.0. The Morgan fingerprint density at radius 3 is 2.49 bits per heavy atom. The molecule has 10 heteroatoms. The molecule has 0 unspecified atom stereocenters. The van der Waals surface area contributed by atoms with Crippen molar-refractivity contribution < 1.29 is 14.5 Å². The number of piperidine rings is 2. The van der Waals surface area contributed by atoms with Crippen molar-refractivity contribution in [1.29, 1.82) is 0 Å². The van der Waals surface area contributed by atoms with E-state index in [2.05, 4.69) is 26.2 Å². The Hall–Kier alpha value is -3.53. The second-order valence-corrected chi connectivity index (χ2v) is 10.5. The maximum atomic E-state index is 13.5. The number of benzene rings is 2. The molecular formula is C27H28BrN5O4. The number of pyridine rings is 1. The van der Waals surface area contributed by atoms with Crippen LogP contribution in [0.4, 0.5) is 11.4 Å². The molecule has 0 radical (unpaired) electrons. The van der Waals surface area contributed by atoms with E-state index in [1.807, 2.05) is 24.3 Å². The van der Waals surface area contributed by atoms with Crippen LogP contribution in [0.3, 0.4) is 0 Å². The average molecular weight is 566 g/mol. The molecule has 0 saturated carbocycles. The third kappa shape index (κ3) is 5.29. The summed E-state index contributed by atoms with van der Waals surface area (Å²) in [5.41, 5.74) is 0.880. The van der Waals surface area contributed by atoms with Crippen molar-refractivity contribution >= 4 is 49.9 Å². The van der Waals surface area contributed by atoms with Crippen molar-refractivity contribution in [3.05, 3.63) is 74.5 Å². The number of hydrogen-bond acceptors (Lipinski definition) is 6. The highest BCUT2D eigenvalue weighted by atomic mass is 79.9. The van der Waals surface area contributed by atoms with Crippen LogP contribution in [-0.2, 0) is 0 Å². The van der Waals surface area contributed by atoms with Gasteiger partial charge in [-0.2, -0.15) is 0 Å². The van der Waals surface area contributed by atoms with Crippen molar-refractivity contribution in [3.63, 3.8) is 0 Å². The van der Waals surface area contributed by atoms with Crippen molar-refractivity contribution in [2.75, 3.05) is 31.5 Å². The SMILES string of the molecule is O=C(c1cc(Br)cc([N+](=O)[O-])c1N[C@@H]1CCCN(C(=O)c2cncc3ccccc23)C1)N1CCCCC1. The van der Waals surface area contributed by atoms with Gasteiger partial charge in [0.05, 0.1) is 16.1 Å². The molecule has 2 saturated heterocycles. The van der Waals surface area contributed by atoms with Crippen molar-refractivity contribution in [1.82, 2.24) is 14.8 Å². The van der Waals surface area contributed by atoms with E-state index < -0.39 is 4.92 Å². The molecule has 2 amide bonds. The maximum Gasteiger partial charge on any atom is 0.294 e. The van der Waals surface area contributed by atoms with E-state index in [1.54, 1.807) is 28.3 Å². The van der Waals surface area contributed by atoms with Crippen LogP contribution >= 0.6 is 15.9 Å². The number of rotatable bonds is 5. The van der Waals surface area contributed by atoms with Crippen LogP contribution in [0.5, 0.6) is 0 Å². The Labute approximate surface area is 223 Å². The standard InChI is InChI=1S/C27H28BrN5O4/c28-19-13-22(26(34)31-10-4-1-5-11-31)25(24(14-19)33(36)37)30-20-8-6-12-32(17-20)27(35)23-16-29-15-18-7-2-3-9-21(18)23/h2-3,7,9,13-16,20,30H,1,4-6,8,10-12,17H2/t20-/m1/s1. The largest absolute Gasteiger partial charge is 0.374 e. The number of anilines is 1. The van der Waals surface area contributed by atoms with E-state index in [0.29, 0.717) is 36.2 Å². The van der Waals surface area contributed by atoms with Gasteiger partial charge in [0.2, 0.25) is 0 Å². The van der Waals surface area contributed by atoms with Gasteiger partial charge in [0.1, 0.15) is 5.69 Å². The molecule has 37 heavy (non-hydrogen) atoms. The van der Waals surface area contributed by atoms with Crippen LogP contribution in [0.1, 0.15) is 52.8 Å². The fraction of sp³-hybridized carbons (Fsp3) is 0.370. The van der Waals surface area contributed by atoms with E-state index in [-0.39, 0.29) is 34.8 Å². The van der Waals surface area contributed by atoms with Crippen LogP contribution in [0, 0.1) is 10.1 Å². The lowest BCUT2D eigenvalue weighted by Crippen LogP contribution is -2.45. The summed E-state index contributed by atoms with van der Waals surface area (Å²) < 4.78 is 0.481. The number of carbonyl (C=O) groups excluding carboxylic acids is 2. The summed E-state index contributed by atoms with van der Waals surface area (Å²) in [6.07, 6.45) is 7.71. The number of carbonyl (C=O) groups is 2. The molecule has 1 N–H and O–H groups in total. The number of nitrogens with zero attached hydrogens (tertiary/aromatic N) is 4. The molecule has 1 atom stereocenters. The van der Waals surface area contributed by atoms with Crippen LogP contribution in [0.2, 0.25) is 0 Å². The molecule has 0 spiro atoms. The zero-order valence-corrected chi connectivity index (χ0v) is 21.9. The number of nitro groups is 1. The number of amides is 2. The molecule has 192 valence electrons. The van der Waals surface area contributed by atoms with E-state index in [0.717, 1.165) is 42.9 Å². The quantitative estimate of drug-likeness (QED) is 0.334. The number of aromatic nitrogens is 1. The molecule has 5 rings (SSSR count). The third-order valence-corrected chi connectivity index (χ3v) is 7.57. The van der Waals surface area contributed by atoms with Crippen LogP contribution in [0.25, 0.3) is 10.8 Å². The summed E-state index contributed by atoms with van der Waals surface area (Å²) in [5, 5.41) is 17.0. The fourth-order valence-corrected chi connectivity index (χ4v) is 5.71. The van der Waals surface area contributed by atoms with Gasteiger partial charge in [-0.1, -0.05) is 40.2 Å². The maximum absolute atomic E-state index is 13.5. The second-order valence-electron chi connectivity index (χ2n) is 9.60. The number of halogens is 1. The molecule has 2 fully saturated rings. The van der Waals surface area contributed by atoms with E-state index in [1.165, 1.54) is 6.07 Å². The average Bonchev–Trinajstić information content (AvgIpc) is 2.93. The van der Waals surface area contributed by atoms with E-state index in [9.17, 15) is 19.7 Å². The lowest BCUT2D eigenvalue weighted by Gasteiger charge is -2.34. The number of likely N-dealkylation sites (tertiary alicyclic amines) is 2. The third-order valence-electron chi connectivity index (χ3n) is 7.11. The predicted octanol–water partition coefficient (Wildman–Crippen LogP) is 5.25. The predicted molar refractivity (Wildman–Crippen MR) is 145 cm³/mol. The highest BCUT2D eigenvalue weighted by molar-refractivity contribution is 9.10. The van der Waals surface area contributed by atoms with Gasteiger partial charge in [0.15, 0.2) is 0 Å². The summed E-state index contributed by atoms with van der Waals surface area (Å²) in [7, 11) is 0. The molecule has 2 aliphatic heterocycles. The van der Waals surface area contributed by atoms with Gasteiger partial charge >= 0.3 is 0 Å². The second kappa shape index (κ2) is 10.8. The topological polar surface area (TPSA) is 109 Å². The van der Waals surface area contributed by atoms with Gasteiger partial charge in [0, 0.05) is 60.5 Å². The van der Waals surface area contributed by atoms with Crippen LogP contribution in [0.15, 0.2) is 53.3 Å². The molecule has 0 aliphatic carbocycles. The number of nitrogens with one attached hydrogen (secondary N) is 1. The highest BCUT2D eigenvalue weighted by Gasteiger charge is 2.31. The van der Waals surface area contributed by atoms with Crippen LogP contribution < -0.4 is 5.32 Å². The van der Waals surface area contributed by atoms with Gasteiger partial charge < -0.3 is 15.1 Å². The molecule has 0 bridgehead atoms. The van der Waals surface area contributed by atoms with E-state index in [4.69, 9.17) is 0 Å². The molecule has 9 nitrogen and oxygen atoms in total. The Morgan fingerprint density at radius 1 is 0.973 bits per heavy atom. The molecule has 2 aromatic carbocycles. The Morgan fingerprint density at radius 2 is 1.70 bits per heavy atom. The fourth-order valence-electron chi connectivity index (χ4n) is 5.26. The molecule has 3 heterocycles. The Bertz CT molecular complexity index is 1350. The molecular weight excluding hydrogens is 538 g/mol. The van der Waals surface area contributed by atoms with Gasteiger partial charge in [-0.3, -0.25) is 24.7 Å².